The van der Waals surface area contributed by atoms with E-state index in [4.69, 9.17) is 0 Å². The lowest BCUT2D eigenvalue weighted by atomic mass is 9.93. The lowest BCUT2D eigenvalue weighted by molar-refractivity contribution is -0.134. The van der Waals surface area contributed by atoms with Crippen molar-refractivity contribution in [3.05, 3.63) is 41.0 Å². The quantitative estimate of drug-likeness (QED) is 0.590. The number of carbonyl (C=O) groups excluding carboxylic acids is 1. The normalized spacial score (nSPS) is 11.5. The van der Waals surface area contributed by atoms with Crippen molar-refractivity contribution in [2.24, 2.45) is 0 Å². The van der Waals surface area contributed by atoms with Gasteiger partial charge >= 0.3 is 5.97 Å². The van der Waals surface area contributed by atoms with E-state index in [0.29, 0.717) is 11.8 Å². The maximum absolute atomic E-state index is 11.1. The lowest BCUT2D eigenvalue weighted by Crippen LogP contribution is -1.96. The van der Waals surface area contributed by atoms with Gasteiger partial charge in [0.15, 0.2) is 0 Å². The SMILES string of the molecule is COC(=O)C=Cc1cc(C(C)C)cc(C(C)C)c1. The van der Waals surface area contributed by atoms with Crippen LogP contribution in [0.1, 0.15) is 56.2 Å². The molecular weight excluding hydrogens is 224 g/mol. The van der Waals surface area contributed by atoms with Crippen LogP contribution in [0.3, 0.4) is 0 Å². The van der Waals surface area contributed by atoms with Gasteiger partial charge < -0.3 is 4.74 Å². The summed E-state index contributed by atoms with van der Waals surface area (Å²) in [5.74, 6) is 0.638. The van der Waals surface area contributed by atoms with Crippen LogP contribution in [0.15, 0.2) is 24.3 Å². The van der Waals surface area contributed by atoms with Gasteiger partial charge in [-0.15, -0.1) is 0 Å². The van der Waals surface area contributed by atoms with Crippen molar-refractivity contribution >= 4 is 12.0 Å². The molecule has 0 spiro atoms. The van der Waals surface area contributed by atoms with E-state index in [1.807, 2.05) is 6.08 Å². The van der Waals surface area contributed by atoms with Crippen LogP contribution in [0.2, 0.25) is 0 Å². The van der Waals surface area contributed by atoms with Gasteiger partial charge in [0.2, 0.25) is 0 Å². The van der Waals surface area contributed by atoms with E-state index in [2.05, 4.69) is 50.6 Å². The van der Waals surface area contributed by atoms with E-state index in [-0.39, 0.29) is 5.97 Å². The first kappa shape index (κ1) is 14.5. The van der Waals surface area contributed by atoms with Crippen LogP contribution in [0.25, 0.3) is 6.08 Å². The molecule has 0 aliphatic heterocycles. The molecule has 0 N–H and O–H groups in total. The second kappa shape index (κ2) is 6.39. The summed E-state index contributed by atoms with van der Waals surface area (Å²) < 4.78 is 4.60. The first-order valence-corrected chi connectivity index (χ1v) is 6.35. The van der Waals surface area contributed by atoms with Gasteiger partial charge in [0.05, 0.1) is 7.11 Å². The molecular formula is C16H22O2. The smallest absolute Gasteiger partial charge is 0.330 e. The average Bonchev–Trinajstić information content (AvgIpc) is 2.35. The van der Waals surface area contributed by atoms with Gasteiger partial charge in [0.25, 0.3) is 0 Å². The number of methoxy groups -OCH3 is 1. The maximum Gasteiger partial charge on any atom is 0.330 e. The summed E-state index contributed by atoms with van der Waals surface area (Å²) in [5.41, 5.74) is 3.65. The van der Waals surface area contributed by atoms with Crippen LogP contribution in [-0.2, 0) is 9.53 Å². The number of ether oxygens (including phenoxy) is 1. The molecule has 0 saturated carbocycles. The Balaban J connectivity index is 3.11. The molecule has 18 heavy (non-hydrogen) atoms. The van der Waals surface area contributed by atoms with Gasteiger partial charge in [0.1, 0.15) is 0 Å². The second-order valence-corrected chi connectivity index (χ2v) is 5.10. The summed E-state index contributed by atoms with van der Waals surface area (Å²) in [6, 6.07) is 6.48. The zero-order chi connectivity index (χ0) is 13.7. The van der Waals surface area contributed by atoms with E-state index < -0.39 is 0 Å². The Morgan fingerprint density at radius 2 is 1.56 bits per heavy atom. The Kier molecular flexibility index (Phi) is 5.14. The van der Waals surface area contributed by atoms with Crippen molar-refractivity contribution in [1.29, 1.82) is 0 Å². The van der Waals surface area contributed by atoms with Crippen molar-refractivity contribution in [2.75, 3.05) is 7.11 Å². The Labute approximate surface area is 110 Å². The van der Waals surface area contributed by atoms with Crippen LogP contribution in [-0.4, -0.2) is 13.1 Å². The molecule has 98 valence electrons. The Morgan fingerprint density at radius 3 is 1.94 bits per heavy atom. The highest BCUT2D eigenvalue weighted by Gasteiger charge is 2.06. The largest absolute Gasteiger partial charge is 0.466 e. The monoisotopic (exact) mass is 246 g/mol. The molecule has 1 rings (SSSR count). The summed E-state index contributed by atoms with van der Waals surface area (Å²) >= 11 is 0. The predicted molar refractivity (Wildman–Crippen MR) is 75.7 cm³/mol. The first-order valence-electron chi connectivity index (χ1n) is 6.35. The van der Waals surface area contributed by atoms with Crippen LogP contribution < -0.4 is 0 Å². The number of hydrogen-bond donors (Lipinski definition) is 0. The van der Waals surface area contributed by atoms with Crippen molar-refractivity contribution in [3.8, 4) is 0 Å². The van der Waals surface area contributed by atoms with Gasteiger partial charge in [-0.25, -0.2) is 4.79 Å². The molecule has 0 aliphatic rings. The Hall–Kier alpha value is -1.57. The highest BCUT2D eigenvalue weighted by atomic mass is 16.5. The van der Waals surface area contributed by atoms with Crippen molar-refractivity contribution < 1.29 is 9.53 Å². The van der Waals surface area contributed by atoms with E-state index >= 15 is 0 Å². The fourth-order valence-corrected chi connectivity index (χ4v) is 1.70. The molecule has 0 atom stereocenters. The van der Waals surface area contributed by atoms with Crippen LogP contribution in [0.4, 0.5) is 0 Å². The summed E-state index contributed by atoms with van der Waals surface area (Å²) in [7, 11) is 1.39. The molecule has 0 amide bonds. The highest BCUT2D eigenvalue weighted by Crippen LogP contribution is 2.24. The zero-order valence-electron chi connectivity index (χ0n) is 11.9. The average molecular weight is 246 g/mol. The Bertz CT molecular complexity index is 416. The fraction of sp³-hybridized carbons (Fsp3) is 0.438. The summed E-state index contributed by atoms with van der Waals surface area (Å²) in [6.45, 7) is 8.70. The van der Waals surface area contributed by atoms with Gasteiger partial charge in [-0.1, -0.05) is 45.9 Å². The topological polar surface area (TPSA) is 26.3 Å². The molecule has 2 heteroatoms. The van der Waals surface area contributed by atoms with Crippen molar-refractivity contribution in [2.45, 2.75) is 39.5 Å². The third kappa shape index (κ3) is 4.02. The molecule has 2 nitrogen and oxygen atoms in total. The maximum atomic E-state index is 11.1. The predicted octanol–water partition coefficient (Wildman–Crippen LogP) is 4.12. The van der Waals surface area contributed by atoms with Gasteiger partial charge in [-0.05, 0) is 34.6 Å². The van der Waals surface area contributed by atoms with E-state index in [1.54, 1.807) is 0 Å². The minimum absolute atomic E-state index is 0.323. The minimum Gasteiger partial charge on any atom is -0.466 e. The molecule has 1 aromatic carbocycles. The second-order valence-electron chi connectivity index (χ2n) is 5.10. The van der Waals surface area contributed by atoms with Crippen LogP contribution in [0, 0.1) is 0 Å². The molecule has 0 fully saturated rings. The molecule has 0 bridgehead atoms. The van der Waals surface area contributed by atoms with Crippen LogP contribution >= 0.6 is 0 Å². The van der Waals surface area contributed by atoms with E-state index in [0.717, 1.165) is 5.56 Å². The fourth-order valence-electron chi connectivity index (χ4n) is 1.70. The van der Waals surface area contributed by atoms with Gasteiger partial charge in [-0.3, -0.25) is 0 Å². The molecule has 1 aromatic rings. The number of hydrogen-bond acceptors (Lipinski definition) is 2. The number of benzene rings is 1. The molecule has 0 saturated heterocycles. The number of esters is 1. The summed E-state index contributed by atoms with van der Waals surface area (Å²) in [5, 5.41) is 0. The zero-order valence-corrected chi connectivity index (χ0v) is 11.9. The lowest BCUT2D eigenvalue weighted by Gasteiger charge is -2.12. The molecule has 0 heterocycles. The van der Waals surface area contributed by atoms with Gasteiger partial charge in [0, 0.05) is 6.08 Å². The highest BCUT2D eigenvalue weighted by molar-refractivity contribution is 5.87. The molecule has 0 aliphatic carbocycles. The molecule has 0 radical (unpaired) electrons. The van der Waals surface area contributed by atoms with Crippen LogP contribution in [0.5, 0.6) is 0 Å². The standard InChI is InChI=1S/C16H22O2/c1-11(2)14-8-13(6-7-16(17)18-5)9-15(10-14)12(3)4/h6-12H,1-5H3. The van der Waals surface area contributed by atoms with E-state index in [1.165, 1.54) is 24.3 Å². The number of carbonyl (C=O) groups is 1. The minimum atomic E-state index is -0.323. The summed E-state index contributed by atoms with van der Waals surface area (Å²) in [4.78, 5) is 11.1. The third-order valence-electron chi connectivity index (χ3n) is 2.95. The first-order chi connectivity index (χ1) is 8.43. The van der Waals surface area contributed by atoms with Crippen molar-refractivity contribution in [1.82, 2.24) is 0 Å². The number of rotatable bonds is 4. The molecule has 0 aromatic heterocycles. The van der Waals surface area contributed by atoms with E-state index in [9.17, 15) is 4.79 Å². The van der Waals surface area contributed by atoms with Crippen molar-refractivity contribution in [3.63, 3.8) is 0 Å². The third-order valence-corrected chi connectivity index (χ3v) is 2.95. The Morgan fingerprint density at radius 1 is 1.06 bits per heavy atom. The van der Waals surface area contributed by atoms with Gasteiger partial charge in [-0.2, -0.15) is 0 Å². The summed E-state index contributed by atoms with van der Waals surface area (Å²) in [6.07, 6.45) is 3.27. The molecule has 0 unspecified atom stereocenters.